The first-order chi connectivity index (χ1) is 9.67. The van der Waals surface area contributed by atoms with E-state index < -0.39 is 0 Å². The van der Waals surface area contributed by atoms with Crippen LogP contribution in [0.1, 0.15) is 18.9 Å². The first-order valence-corrected chi connectivity index (χ1v) is 6.93. The second-order valence-corrected chi connectivity index (χ2v) is 4.90. The minimum Gasteiger partial charge on any atom is -0.381 e. The van der Waals surface area contributed by atoms with Gasteiger partial charge >= 0.3 is 0 Å². The summed E-state index contributed by atoms with van der Waals surface area (Å²) in [6.07, 6.45) is 0.483. The van der Waals surface area contributed by atoms with Crippen molar-refractivity contribution in [1.82, 2.24) is 0 Å². The van der Waals surface area contributed by atoms with Crippen molar-refractivity contribution in [2.24, 2.45) is 0 Å². The third-order valence-corrected chi connectivity index (χ3v) is 3.15. The van der Waals surface area contributed by atoms with Crippen molar-refractivity contribution in [1.29, 1.82) is 0 Å². The van der Waals surface area contributed by atoms with Gasteiger partial charge in [-0.2, -0.15) is 0 Å². The van der Waals surface area contributed by atoms with Gasteiger partial charge in [-0.25, -0.2) is 0 Å². The maximum atomic E-state index is 11.3. The highest BCUT2D eigenvalue weighted by Gasteiger charge is 1.99. The molecule has 0 bridgehead atoms. The van der Waals surface area contributed by atoms with Crippen molar-refractivity contribution < 1.29 is 4.79 Å². The Morgan fingerprint density at radius 1 is 1.00 bits per heavy atom. The van der Waals surface area contributed by atoms with Gasteiger partial charge in [-0.05, 0) is 42.0 Å². The van der Waals surface area contributed by atoms with Gasteiger partial charge in [-0.15, -0.1) is 0 Å². The molecule has 0 aliphatic carbocycles. The number of hydrogen-bond donors (Lipinski definition) is 2. The van der Waals surface area contributed by atoms with E-state index in [2.05, 4.69) is 10.6 Å². The summed E-state index contributed by atoms with van der Waals surface area (Å²) in [5.74, 6) is 0.0203. The first kappa shape index (κ1) is 14.4. The topological polar surface area (TPSA) is 41.1 Å². The lowest BCUT2D eigenvalue weighted by Crippen LogP contribution is -2.09. The number of hydrogen-bond acceptors (Lipinski definition) is 2. The lowest BCUT2D eigenvalue weighted by atomic mass is 10.2. The van der Waals surface area contributed by atoms with E-state index in [1.54, 1.807) is 0 Å². The number of halogens is 1. The van der Waals surface area contributed by atoms with E-state index >= 15 is 0 Å². The number of anilines is 2. The smallest absolute Gasteiger partial charge is 0.224 e. The van der Waals surface area contributed by atoms with Crippen molar-refractivity contribution in [3.05, 3.63) is 59.1 Å². The molecule has 4 heteroatoms. The van der Waals surface area contributed by atoms with Crippen LogP contribution in [0.15, 0.2) is 48.5 Å². The van der Waals surface area contributed by atoms with Gasteiger partial charge in [0.15, 0.2) is 0 Å². The van der Waals surface area contributed by atoms with Crippen LogP contribution >= 0.6 is 11.6 Å². The Bertz CT molecular complexity index is 564. The molecule has 0 unspecified atom stereocenters. The summed E-state index contributed by atoms with van der Waals surface area (Å²) in [6.45, 7) is 2.56. The van der Waals surface area contributed by atoms with Crippen LogP contribution in [0.4, 0.5) is 11.4 Å². The number of rotatable bonds is 5. The molecule has 0 saturated heterocycles. The van der Waals surface area contributed by atoms with Gasteiger partial charge < -0.3 is 10.6 Å². The zero-order valence-corrected chi connectivity index (χ0v) is 12.1. The largest absolute Gasteiger partial charge is 0.381 e. The van der Waals surface area contributed by atoms with Gasteiger partial charge in [0.05, 0.1) is 0 Å². The molecule has 0 aromatic heterocycles. The molecule has 2 N–H and O–H groups in total. The molecule has 0 spiro atoms. The van der Waals surface area contributed by atoms with Crippen molar-refractivity contribution in [2.75, 3.05) is 10.6 Å². The van der Waals surface area contributed by atoms with Crippen LogP contribution < -0.4 is 10.6 Å². The highest BCUT2D eigenvalue weighted by Crippen LogP contribution is 2.15. The van der Waals surface area contributed by atoms with E-state index in [4.69, 9.17) is 11.6 Å². The monoisotopic (exact) mass is 288 g/mol. The van der Waals surface area contributed by atoms with E-state index in [-0.39, 0.29) is 5.91 Å². The second-order valence-electron chi connectivity index (χ2n) is 4.46. The van der Waals surface area contributed by atoms with Gasteiger partial charge in [-0.3, -0.25) is 4.79 Å². The van der Waals surface area contributed by atoms with Crippen LogP contribution in [0.5, 0.6) is 0 Å². The van der Waals surface area contributed by atoms with Crippen LogP contribution in [-0.4, -0.2) is 5.91 Å². The van der Waals surface area contributed by atoms with E-state index in [9.17, 15) is 4.79 Å². The molecule has 0 atom stereocenters. The van der Waals surface area contributed by atoms with Crippen LogP contribution in [0.25, 0.3) is 0 Å². The Kier molecular flexibility index (Phi) is 5.02. The molecular weight excluding hydrogens is 272 g/mol. The van der Waals surface area contributed by atoms with Crippen LogP contribution in [0.3, 0.4) is 0 Å². The Labute approximate surface area is 124 Å². The Morgan fingerprint density at radius 3 is 2.20 bits per heavy atom. The summed E-state index contributed by atoms with van der Waals surface area (Å²) in [5, 5.41) is 6.88. The summed E-state index contributed by atoms with van der Waals surface area (Å²) in [5.41, 5.74) is 2.99. The number of benzene rings is 2. The van der Waals surface area contributed by atoms with Crippen molar-refractivity contribution >= 4 is 28.9 Å². The first-order valence-electron chi connectivity index (χ1n) is 6.55. The molecule has 2 aromatic carbocycles. The molecule has 0 saturated carbocycles. The summed E-state index contributed by atoms with van der Waals surface area (Å²) in [6, 6.07) is 15.4. The average molecular weight is 289 g/mol. The van der Waals surface area contributed by atoms with Gasteiger partial charge in [0, 0.05) is 29.4 Å². The fourth-order valence-electron chi connectivity index (χ4n) is 1.73. The highest BCUT2D eigenvalue weighted by molar-refractivity contribution is 6.30. The van der Waals surface area contributed by atoms with Crippen molar-refractivity contribution in [2.45, 2.75) is 19.9 Å². The third kappa shape index (κ3) is 4.28. The van der Waals surface area contributed by atoms with Crippen LogP contribution in [0, 0.1) is 0 Å². The summed E-state index contributed by atoms with van der Waals surface area (Å²) < 4.78 is 0. The number of carbonyl (C=O) groups is 1. The standard InChI is InChI=1S/C16H17ClN2O/c1-2-16(20)19-15-9-7-14(8-10-15)18-11-12-3-5-13(17)6-4-12/h3-10,18H,2,11H2,1H3,(H,19,20). The third-order valence-electron chi connectivity index (χ3n) is 2.90. The van der Waals surface area contributed by atoms with E-state index in [0.717, 1.165) is 28.5 Å². The molecule has 0 fully saturated rings. The van der Waals surface area contributed by atoms with Gasteiger partial charge in [0.1, 0.15) is 0 Å². The van der Waals surface area contributed by atoms with Gasteiger partial charge in [-0.1, -0.05) is 30.7 Å². The average Bonchev–Trinajstić information content (AvgIpc) is 2.48. The molecule has 3 nitrogen and oxygen atoms in total. The molecule has 2 rings (SSSR count). The zero-order chi connectivity index (χ0) is 14.4. The minimum atomic E-state index is 0.0203. The fraction of sp³-hybridized carbons (Fsp3) is 0.188. The molecule has 2 aromatic rings. The minimum absolute atomic E-state index is 0.0203. The number of amides is 1. The molecule has 0 radical (unpaired) electrons. The van der Waals surface area contributed by atoms with Gasteiger partial charge in [0.2, 0.25) is 5.91 Å². The predicted molar refractivity (Wildman–Crippen MR) is 84.1 cm³/mol. The van der Waals surface area contributed by atoms with Crippen molar-refractivity contribution in [3.63, 3.8) is 0 Å². The summed E-state index contributed by atoms with van der Waals surface area (Å²) >= 11 is 5.84. The quantitative estimate of drug-likeness (QED) is 0.861. The van der Waals surface area contributed by atoms with Crippen molar-refractivity contribution in [3.8, 4) is 0 Å². The van der Waals surface area contributed by atoms with E-state index in [1.165, 1.54) is 0 Å². The molecule has 104 valence electrons. The lowest BCUT2D eigenvalue weighted by Gasteiger charge is -2.08. The lowest BCUT2D eigenvalue weighted by molar-refractivity contribution is -0.115. The number of nitrogens with one attached hydrogen (secondary N) is 2. The molecule has 0 aliphatic rings. The fourth-order valence-corrected chi connectivity index (χ4v) is 1.85. The van der Waals surface area contributed by atoms with E-state index in [1.807, 2.05) is 55.5 Å². The second kappa shape index (κ2) is 6.96. The molecule has 0 heterocycles. The Balaban J connectivity index is 1.90. The van der Waals surface area contributed by atoms with Crippen LogP contribution in [-0.2, 0) is 11.3 Å². The van der Waals surface area contributed by atoms with E-state index in [0.29, 0.717) is 6.42 Å². The highest BCUT2D eigenvalue weighted by atomic mass is 35.5. The zero-order valence-electron chi connectivity index (χ0n) is 11.3. The molecular formula is C16H17ClN2O. The molecule has 0 aliphatic heterocycles. The molecule has 1 amide bonds. The molecule has 20 heavy (non-hydrogen) atoms. The normalized spacial score (nSPS) is 10.1. The Morgan fingerprint density at radius 2 is 1.60 bits per heavy atom. The summed E-state index contributed by atoms with van der Waals surface area (Å²) in [7, 11) is 0. The van der Waals surface area contributed by atoms with Crippen LogP contribution in [0.2, 0.25) is 5.02 Å². The maximum absolute atomic E-state index is 11.3. The van der Waals surface area contributed by atoms with Gasteiger partial charge in [0.25, 0.3) is 0 Å². The summed E-state index contributed by atoms with van der Waals surface area (Å²) in [4.78, 5) is 11.3. The SMILES string of the molecule is CCC(=O)Nc1ccc(NCc2ccc(Cl)cc2)cc1. The maximum Gasteiger partial charge on any atom is 0.224 e. The number of carbonyl (C=O) groups excluding carboxylic acids is 1. The Hall–Kier alpha value is -2.00. The predicted octanol–water partition coefficient (Wildman–Crippen LogP) is 4.30.